The molecule has 0 aliphatic carbocycles. The summed E-state index contributed by atoms with van der Waals surface area (Å²) in [5, 5.41) is 5.60. The number of nitrogen functional groups attached to an aromatic ring is 1. The van der Waals surface area contributed by atoms with Crippen LogP contribution in [-0.2, 0) is 9.59 Å². The molecule has 0 spiro atoms. The molecule has 1 saturated heterocycles. The van der Waals surface area contributed by atoms with Gasteiger partial charge in [-0.25, -0.2) is 0 Å². The number of rotatable bonds is 3. The third kappa shape index (κ3) is 3.42. The molecule has 140 valence electrons. The number of amides is 2. The van der Waals surface area contributed by atoms with E-state index in [-0.39, 0.29) is 24.1 Å². The number of aryl methyl sites for hydroxylation is 1. The molecule has 2 aliphatic heterocycles. The lowest BCUT2D eigenvalue weighted by molar-refractivity contribution is -0.123. The van der Waals surface area contributed by atoms with Crippen LogP contribution in [-0.4, -0.2) is 34.9 Å². The van der Waals surface area contributed by atoms with Crippen LogP contribution in [0.3, 0.4) is 0 Å². The second kappa shape index (κ2) is 6.86. The predicted octanol–water partition coefficient (Wildman–Crippen LogP) is 2.03. The SMILES string of the molecule is Cc1ccc(NC(=O)[C@H]2CC(=O)Nc3nc(N4CCCC4)nc(N)c32)cc1. The lowest BCUT2D eigenvalue weighted by Crippen LogP contribution is -2.33. The minimum atomic E-state index is -0.720. The van der Waals surface area contributed by atoms with Crippen LogP contribution in [0.4, 0.5) is 23.3 Å². The summed E-state index contributed by atoms with van der Waals surface area (Å²) < 4.78 is 0. The van der Waals surface area contributed by atoms with Crippen molar-refractivity contribution in [2.45, 2.75) is 32.1 Å². The number of aromatic nitrogens is 2. The molecular weight excluding hydrogens is 344 g/mol. The first kappa shape index (κ1) is 17.3. The topological polar surface area (TPSA) is 113 Å². The highest BCUT2D eigenvalue weighted by Crippen LogP contribution is 2.36. The Hall–Kier alpha value is -3.16. The van der Waals surface area contributed by atoms with Crippen molar-refractivity contribution < 1.29 is 9.59 Å². The summed E-state index contributed by atoms with van der Waals surface area (Å²) in [4.78, 5) is 35.9. The van der Waals surface area contributed by atoms with Crippen LogP contribution in [0.2, 0.25) is 0 Å². The van der Waals surface area contributed by atoms with Crippen molar-refractivity contribution in [2.75, 3.05) is 34.4 Å². The standard InChI is InChI=1S/C19H22N6O2/c1-11-4-6-12(7-5-11)21-18(27)13-10-14(26)22-17-15(13)16(20)23-19(24-17)25-8-2-3-9-25/h4-7,13H,2-3,8-10H2,1H3,(H,21,27)(H3,20,22,23,24,26)/t13-/m0/s1. The molecule has 2 aliphatic rings. The van der Waals surface area contributed by atoms with Gasteiger partial charge in [0.2, 0.25) is 17.8 Å². The van der Waals surface area contributed by atoms with E-state index in [9.17, 15) is 9.59 Å². The molecule has 8 heteroatoms. The fourth-order valence-corrected chi connectivity index (χ4v) is 3.53. The lowest BCUT2D eigenvalue weighted by atomic mass is 9.92. The van der Waals surface area contributed by atoms with E-state index in [0.717, 1.165) is 31.5 Å². The van der Waals surface area contributed by atoms with E-state index in [2.05, 4.69) is 20.6 Å². The van der Waals surface area contributed by atoms with E-state index in [0.29, 0.717) is 23.0 Å². The Kier molecular flexibility index (Phi) is 4.39. The maximum absolute atomic E-state index is 12.8. The van der Waals surface area contributed by atoms with E-state index in [1.807, 2.05) is 36.1 Å². The highest BCUT2D eigenvalue weighted by molar-refractivity contribution is 6.05. The predicted molar refractivity (Wildman–Crippen MR) is 104 cm³/mol. The number of hydrogen-bond donors (Lipinski definition) is 3. The fraction of sp³-hybridized carbons (Fsp3) is 0.368. The summed E-state index contributed by atoms with van der Waals surface area (Å²) >= 11 is 0. The van der Waals surface area contributed by atoms with Gasteiger partial charge in [0.25, 0.3) is 0 Å². The molecule has 27 heavy (non-hydrogen) atoms. The summed E-state index contributed by atoms with van der Waals surface area (Å²) in [5.74, 6) is -0.182. The van der Waals surface area contributed by atoms with Gasteiger partial charge in [-0.15, -0.1) is 0 Å². The van der Waals surface area contributed by atoms with Gasteiger partial charge in [0, 0.05) is 25.2 Å². The molecule has 0 saturated carbocycles. The average Bonchev–Trinajstić information content (AvgIpc) is 3.17. The Morgan fingerprint density at radius 3 is 2.63 bits per heavy atom. The molecule has 1 aromatic carbocycles. The first-order valence-corrected chi connectivity index (χ1v) is 9.11. The van der Waals surface area contributed by atoms with Crippen LogP contribution in [0.1, 0.15) is 36.3 Å². The Labute approximate surface area is 157 Å². The Balaban J connectivity index is 1.64. The van der Waals surface area contributed by atoms with Crippen LogP contribution in [0.25, 0.3) is 0 Å². The maximum Gasteiger partial charge on any atom is 0.232 e. The molecule has 1 aromatic heterocycles. The zero-order valence-electron chi connectivity index (χ0n) is 15.2. The van der Waals surface area contributed by atoms with Crippen LogP contribution >= 0.6 is 0 Å². The number of carbonyl (C=O) groups excluding carboxylic acids is 2. The van der Waals surface area contributed by atoms with Gasteiger partial charge in [-0.2, -0.15) is 9.97 Å². The van der Waals surface area contributed by atoms with Crippen molar-refractivity contribution in [1.82, 2.24) is 9.97 Å². The second-order valence-electron chi connectivity index (χ2n) is 7.03. The number of nitrogens with one attached hydrogen (secondary N) is 2. The number of anilines is 4. The van der Waals surface area contributed by atoms with Crippen LogP contribution < -0.4 is 21.3 Å². The molecule has 3 heterocycles. The van der Waals surface area contributed by atoms with Gasteiger partial charge in [0.15, 0.2) is 0 Å². The fourth-order valence-electron chi connectivity index (χ4n) is 3.53. The van der Waals surface area contributed by atoms with Gasteiger partial charge < -0.3 is 21.3 Å². The minimum Gasteiger partial charge on any atom is -0.383 e. The number of benzene rings is 1. The first-order chi connectivity index (χ1) is 13.0. The molecule has 4 N–H and O–H groups in total. The van der Waals surface area contributed by atoms with E-state index >= 15 is 0 Å². The summed E-state index contributed by atoms with van der Waals surface area (Å²) in [6.07, 6.45) is 2.17. The van der Waals surface area contributed by atoms with Crippen LogP contribution in [0.15, 0.2) is 24.3 Å². The number of hydrogen-bond acceptors (Lipinski definition) is 6. The zero-order chi connectivity index (χ0) is 19.0. The normalized spacial score (nSPS) is 18.8. The van der Waals surface area contributed by atoms with Crippen molar-refractivity contribution in [3.05, 3.63) is 35.4 Å². The molecule has 0 radical (unpaired) electrons. The van der Waals surface area contributed by atoms with Crippen molar-refractivity contribution in [1.29, 1.82) is 0 Å². The van der Waals surface area contributed by atoms with E-state index in [1.165, 1.54) is 0 Å². The van der Waals surface area contributed by atoms with Crippen molar-refractivity contribution in [3.8, 4) is 0 Å². The summed E-state index contributed by atoms with van der Waals surface area (Å²) in [5.41, 5.74) is 8.45. The Bertz CT molecular complexity index is 890. The lowest BCUT2D eigenvalue weighted by Gasteiger charge is -2.26. The summed E-state index contributed by atoms with van der Waals surface area (Å²) in [7, 11) is 0. The Morgan fingerprint density at radius 2 is 1.93 bits per heavy atom. The van der Waals surface area contributed by atoms with Crippen LogP contribution in [0, 0.1) is 6.92 Å². The van der Waals surface area contributed by atoms with Gasteiger partial charge in [0.1, 0.15) is 11.6 Å². The number of nitrogens with zero attached hydrogens (tertiary/aromatic N) is 3. The van der Waals surface area contributed by atoms with Gasteiger partial charge in [-0.05, 0) is 31.9 Å². The van der Waals surface area contributed by atoms with E-state index < -0.39 is 5.92 Å². The van der Waals surface area contributed by atoms with Crippen molar-refractivity contribution in [3.63, 3.8) is 0 Å². The molecule has 0 bridgehead atoms. The smallest absolute Gasteiger partial charge is 0.232 e. The molecule has 8 nitrogen and oxygen atoms in total. The molecule has 1 atom stereocenters. The second-order valence-corrected chi connectivity index (χ2v) is 7.03. The largest absolute Gasteiger partial charge is 0.383 e. The minimum absolute atomic E-state index is 0.0152. The first-order valence-electron chi connectivity index (χ1n) is 9.11. The van der Waals surface area contributed by atoms with Gasteiger partial charge in [-0.3, -0.25) is 9.59 Å². The molecule has 1 fully saturated rings. The monoisotopic (exact) mass is 366 g/mol. The van der Waals surface area contributed by atoms with E-state index in [4.69, 9.17) is 5.73 Å². The zero-order valence-corrected chi connectivity index (χ0v) is 15.2. The molecule has 2 aromatic rings. The average molecular weight is 366 g/mol. The number of fused-ring (bicyclic) bond motifs is 1. The number of nitrogens with two attached hydrogens (primary N) is 1. The Morgan fingerprint density at radius 1 is 1.22 bits per heavy atom. The molecule has 4 rings (SSSR count). The molecule has 0 unspecified atom stereocenters. The summed E-state index contributed by atoms with van der Waals surface area (Å²) in [6.45, 7) is 3.70. The van der Waals surface area contributed by atoms with Gasteiger partial charge in [-0.1, -0.05) is 17.7 Å². The third-order valence-electron chi connectivity index (χ3n) is 4.98. The number of carbonyl (C=O) groups is 2. The maximum atomic E-state index is 12.8. The third-order valence-corrected chi connectivity index (χ3v) is 4.98. The van der Waals surface area contributed by atoms with Gasteiger partial charge in [0.05, 0.1) is 11.5 Å². The molecule has 2 amide bonds. The van der Waals surface area contributed by atoms with Gasteiger partial charge >= 0.3 is 0 Å². The van der Waals surface area contributed by atoms with Crippen molar-refractivity contribution in [2.24, 2.45) is 0 Å². The highest BCUT2D eigenvalue weighted by Gasteiger charge is 2.35. The van der Waals surface area contributed by atoms with Crippen molar-refractivity contribution >= 4 is 35.1 Å². The van der Waals surface area contributed by atoms with E-state index in [1.54, 1.807) is 0 Å². The quantitative estimate of drug-likeness (QED) is 0.766. The van der Waals surface area contributed by atoms with Crippen LogP contribution in [0.5, 0.6) is 0 Å². The molecular formula is C19H22N6O2. The highest BCUT2D eigenvalue weighted by atomic mass is 16.2. The summed E-state index contributed by atoms with van der Waals surface area (Å²) in [6, 6.07) is 7.48.